The minimum absolute atomic E-state index is 0.858. The van der Waals surface area contributed by atoms with Crippen molar-refractivity contribution in [3.63, 3.8) is 0 Å². The van der Waals surface area contributed by atoms with Crippen molar-refractivity contribution in [2.24, 2.45) is 4.99 Å². The second-order valence-corrected chi connectivity index (χ2v) is 1.54. The van der Waals surface area contributed by atoms with E-state index in [1.807, 2.05) is 6.21 Å². The molecule has 0 heterocycles. The van der Waals surface area contributed by atoms with Crippen LogP contribution < -0.4 is 3.53 Å². The molecule has 36 valence electrons. The lowest BCUT2D eigenvalue weighted by molar-refractivity contribution is 1.24. The highest BCUT2D eigenvalue weighted by molar-refractivity contribution is 14.1. The molecule has 0 aliphatic carbocycles. The molecule has 0 amide bonds. The van der Waals surface area contributed by atoms with Crippen LogP contribution in [0.1, 0.15) is 0 Å². The number of rotatable bonds is 2. The molecule has 0 saturated heterocycles. The van der Waals surface area contributed by atoms with Gasteiger partial charge in [0.25, 0.3) is 0 Å². The van der Waals surface area contributed by atoms with Crippen molar-refractivity contribution < 1.29 is 0 Å². The van der Waals surface area contributed by atoms with Crippen LogP contribution in [-0.4, -0.2) is 19.8 Å². The molecular formula is C3H7IN2. The summed E-state index contributed by atoms with van der Waals surface area (Å²) in [5.74, 6) is 0. The van der Waals surface area contributed by atoms with Crippen molar-refractivity contribution in [3.05, 3.63) is 0 Å². The third-order valence-electron chi connectivity index (χ3n) is 0.351. The Morgan fingerprint density at radius 2 is 2.67 bits per heavy atom. The molecule has 3 heteroatoms. The van der Waals surface area contributed by atoms with E-state index in [1.165, 1.54) is 0 Å². The second-order valence-electron chi connectivity index (χ2n) is 0.779. The summed E-state index contributed by atoms with van der Waals surface area (Å²) in [5, 5.41) is 0. The van der Waals surface area contributed by atoms with Gasteiger partial charge < -0.3 is 0 Å². The number of nitrogens with zero attached hydrogens (tertiary/aromatic N) is 1. The van der Waals surface area contributed by atoms with E-state index in [0.717, 1.165) is 6.54 Å². The lowest BCUT2D eigenvalue weighted by atomic mass is 10.8. The van der Waals surface area contributed by atoms with Gasteiger partial charge in [0, 0.05) is 42.7 Å². The molecule has 2 nitrogen and oxygen atoms in total. The molecule has 6 heavy (non-hydrogen) atoms. The van der Waals surface area contributed by atoms with Crippen LogP contribution in [0.25, 0.3) is 0 Å². The van der Waals surface area contributed by atoms with Gasteiger partial charge in [0.1, 0.15) is 0 Å². The molecule has 1 N–H and O–H groups in total. The maximum absolute atomic E-state index is 3.73. The minimum atomic E-state index is 0.858. The third-order valence-corrected chi connectivity index (χ3v) is 0.791. The van der Waals surface area contributed by atoms with E-state index < -0.39 is 0 Å². The maximum Gasteiger partial charge on any atom is 0.0400 e. The Labute approximate surface area is 51.5 Å². The van der Waals surface area contributed by atoms with E-state index in [2.05, 4.69) is 31.4 Å². The van der Waals surface area contributed by atoms with Gasteiger partial charge >= 0.3 is 0 Å². The van der Waals surface area contributed by atoms with Crippen molar-refractivity contribution in [1.82, 2.24) is 3.53 Å². The van der Waals surface area contributed by atoms with Gasteiger partial charge in [-0.3, -0.25) is 8.52 Å². The molecule has 0 atom stereocenters. The van der Waals surface area contributed by atoms with E-state index >= 15 is 0 Å². The summed E-state index contributed by atoms with van der Waals surface area (Å²) in [7, 11) is 1.76. The Balaban J connectivity index is 2.66. The molecule has 0 saturated carbocycles. The first-order valence-electron chi connectivity index (χ1n) is 1.66. The molecule has 0 bridgehead atoms. The Morgan fingerprint density at radius 3 is 2.83 bits per heavy atom. The average molecular weight is 198 g/mol. The van der Waals surface area contributed by atoms with Crippen molar-refractivity contribution in [3.8, 4) is 0 Å². The number of hydrogen-bond acceptors (Lipinski definition) is 2. The quantitative estimate of drug-likeness (QED) is 0.392. The number of nitrogens with one attached hydrogen (secondary N) is 1. The van der Waals surface area contributed by atoms with Crippen molar-refractivity contribution in [2.75, 3.05) is 13.6 Å². The minimum Gasteiger partial charge on any atom is -0.299 e. The van der Waals surface area contributed by atoms with Gasteiger partial charge in [-0.1, -0.05) is 0 Å². The van der Waals surface area contributed by atoms with E-state index in [9.17, 15) is 0 Å². The zero-order chi connectivity index (χ0) is 4.83. The SMILES string of the molecule is C/N=C\CNI. The lowest BCUT2D eigenvalue weighted by Gasteiger charge is -1.78. The van der Waals surface area contributed by atoms with Crippen LogP contribution in [0, 0.1) is 0 Å². The topological polar surface area (TPSA) is 24.4 Å². The fourth-order valence-corrected chi connectivity index (χ4v) is 0.323. The van der Waals surface area contributed by atoms with Crippen molar-refractivity contribution in [1.29, 1.82) is 0 Å². The van der Waals surface area contributed by atoms with Crippen LogP contribution in [0.15, 0.2) is 4.99 Å². The van der Waals surface area contributed by atoms with Crippen LogP contribution in [0.3, 0.4) is 0 Å². The van der Waals surface area contributed by atoms with Crippen LogP contribution in [0.5, 0.6) is 0 Å². The summed E-state index contributed by atoms with van der Waals surface area (Å²) in [4.78, 5) is 3.73. The molecule has 0 aromatic carbocycles. The molecule has 0 aliphatic rings. The molecular weight excluding hydrogens is 191 g/mol. The van der Waals surface area contributed by atoms with Gasteiger partial charge in [0.15, 0.2) is 0 Å². The van der Waals surface area contributed by atoms with E-state index in [1.54, 1.807) is 7.05 Å². The van der Waals surface area contributed by atoms with Crippen LogP contribution in [0.4, 0.5) is 0 Å². The van der Waals surface area contributed by atoms with E-state index in [0.29, 0.717) is 0 Å². The zero-order valence-corrected chi connectivity index (χ0v) is 5.77. The molecule has 0 rings (SSSR count). The average Bonchev–Trinajstić information content (AvgIpc) is 1.61. The largest absolute Gasteiger partial charge is 0.299 e. The Morgan fingerprint density at radius 1 is 2.00 bits per heavy atom. The molecule has 0 unspecified atom stereocenters. The predicted molar refractivity (Wildman–Crippen MR) is 36.4 cm³/mol. The summed E-state index contributed by atoms with van der Waals surface area (Å²) in [5.41, 5.74) is 0. The van der Waals surface area contributed by atoms with Gasteiger partial charge in [-0.15, -0.1) is 0 Å². The summed E-state index contributed by atoms with van der Waals surface area (Å²) in [6.45, 7) is 0.858. The van der Waals surface area contributed by atoms with Crippen molar-refractivity contribution in [2.45, 2.75) is 0 Å². The van der Waals surface area contributed by atoms with E-state index in [-0.39, 0.29) is 0 Å². The summed E-state index contributed by atoms with van der Waals surface area (Å²) in [6, 6.07) is 0. The Hall–Kier alpha value is 0.360. The van der Waals surface area contributed by atoms with Gasteiger partial charge in [-0.25, -0.2) is 0 Å². The normalized spacial score (nSPS) is 10.3. The van der Waals surface area contributed by atoms with Gasteiger partial charge in [-0.05, 0) is 0 Å². The zero-order valence-electron chi connectivity index (χ0n) is 3.61. The fourth-order valence-electron chi connectivity index (χ4n) is 0.126. The van der Waals surface area contributed by atoms with Gasteiger partial charge in [0.05, 0.1) is 0 Å². The van der Waals surface area contributed by atoms with Crippen LogP contribution in [-0.2, 0) is 0 Å². The molecule has 0 aromatic rings. The highest BCUT2D eigenvalue weighted by Gasteiger charge is 1.64. The Bertz CT molecular complexity index is 44.1. The molecule has 0 aromatic heterocycles. The maximum atomic E-state index is 3.73. The standard InChI is InChI=1S/C3H7IN2/c1-5-2-3-6-4/h2,6H,3H2,1H3/b5-2-. The summed E-state index contributed by atoms with van der Waals surface area (Å²) >= 11 is 2.07. The monoisotopic (exact) mass is 198 g/mol. The number of hydrogen-bond donors (Lipinski definition) is 1. The van der Waals surface area contributed by atoms with Crippen molar-refractivity contribution >= 4 is 29.1 Å². The van der Waals surface area contributed by atoms with E-state index in [4.69, 9.17) is 0 Å². The molecule has 0 spiro atoms. The Kier molecular flexibility index (Phi) is 5.68. The highest BCUT2D eigenvalue weighted by Crippen LogP contribution is 1.61. The number of aliphatic imine (C=N–C) groups is 1. The fraction of sp³-hybridized carbons (Fsp3) is 0.667. The summed E-state index contributed by atoms with van der Waals surface area (Å²) in [6.07, 6.45) is 1.81. The van der Waals surface area contributed by atoms with Crippen LogP contribution in [0.2, 0.25) is 0 Å². The lowest BCUT2D eigenvalue weighted by Crippen LogP contribution is -1.99. The first kappa shape index (κ1) is 6.36. The summed E-state index contributed by atoms with van der Waals surface area (Å²) < 4.78 is 2.89. The first-order chi connectivity index (χ1) is 2.91. The molecule has 0 fully saturated rings. The van der Waals surface area contributed by atoms with Gasteiger partial charge in [0.2, 0.25) is 0 Å². The predicted octanol–water partition coefficient (Wildman–Crippen LogP) is 0.627. The third kappa shape index (κ3) is 4.36. The van der Waals surface area contributed by atoms with Crippen LogP contribution >= 0.6 is 22.9 Å². The smallest absolute Gasteiger partial charge is 0.0400 e. The second kappa shape index (κ2) is 5.36. The van der Waals surface area contributed by atoms with Gasteiger partial charge in [-0.2, -0.15) is 0 Å². The highest BCUT2D eigenvalue weighted by atomic mass is 127. The molecule has 0 radical (unpaired) electrons. The first-order valence-corrected chi connectivity index (χ1v) is 2.73. The number of halogens is 1. The molecule has 0 aliphatic heterocycles.